The smallest absolute Gasteiger partial charge is 0.416 e. The topological polar surface area (TPSA) is 104 Å². The fourth-order valence-electron chi connectivity index (χ4n) is 4.41. The molecule has 1 amide bonds. The Morgan fingerprint density at radius 3 is 2.26 bits per heavy atom. The summed E-state index contributed by atoms with van der Waals surface area (Å²) >= 11 is 6.37. The number of nitrogens with zero attached hydrogens (tertiary/aromatic N) is 2. The van der Waals surface area contributed by atoms with Gasteiger partial charge in [-0.1, -0.05) is 31.9 Å². The highest BCUT2D eigenvalue weighted by molar-refractivity contribution is 6.29. The normalized spacial score (nSPS) is 18.0. The number of rotatable bonds is 8. The van der Waals surface area contributed by atoms with Gasteiger partial charge in [-0.05, 0) is 79.7 Å². The van der Waals surface area contributed by atoms with Crippen LogP contribution in [0.25, 0.3) is 0 Å². The number of carboxylic acids is 1. The Balaban J connectivity index is 1.88. The van der Waals surface area contributed by atoms with Gasteiger partial charge in [-0.3, -0.25) is 9.59 Å². The molecule has 3 N–H and O–H groups in total. The van der Waals surface area contributed by atoms with E-state index in [0.29, 0.717) is 50.6 Å². The molecule has 0 spiro atoms. The average Bonchev–Trinajstić information content (AvgIpc) is 3.20. The number of amides is 1. The van der Waals surface area contributed by atoms with Gasteiger partial charge in [0.05, 0.1) is 18.0 Å². The van der Waals surface area contributed by atoms with Crippen LogP contribution in [0.2, 0.25) is 5.28 Å². The first-order valence-electron chi connectivity index (χ1n) is 12.6. The molecule has 0 radical (unpaired) electrons. The molecule has 0 aliphatic heterocycles. The Labute approximate surface area is 224 Å². The number of carboxylic acid groups (broad SMARTS) is 1. The number of carbonyl (C=O) groups is 2. The van der Waals surface area contributed by atoms with Crippen molar-refractivity contribution in [2.45, 2.75) is 70.7 Å². The molecule has 1 saturated carbocycles. The summed E-state index contributed by atoms with van der Waals surface area (Å²) in [5.74, 6) is 3.96. The first-order chi connectivity index (χ1) is 17.9. The summed E-state index contributed by atoms with van der Waals surface area (Å²) in [5.41, 5.74) is -1.51. The van der Waals surface area contributed by atoms with E-state index in [1.807, 2.05) is 0 Å². The van der Waals surface area contributed by atoms with Gasteiger partial charge in [0.2, 0.25) is 5.28 Å². The maximum absolute atomic E-state index is 13.4. The monoisotopic (exact) mass is 553 g/mol. The predicted molar refractivity (Wildman–Crippen MR) is 136 cm³/mol. The first kappa shape index (κ1) is 29.5. The third kappa shape index (κ3) is 7.29. The second kappa shape index (κ2) is 12.2. The Kier molecular flexibility index (Phi) is 9.49. The largest absolute Gasteiger partial charge is 0.481 e. The van der Waals surface area contributed by atoms with E-state index in [1.54, 1.807) is 13.8 Å². The molecule has 0 unspecified atom stereocenters. The van der Waals surface area contributed by atoms with Gasteiger partial charge in [0.25, 0.3) is 5.91 Å². The fraction of sp³-hybridized carbons (Fsp3) is 0.519. The van der Waals surface area contributed by atoms with E-state index in [-0.39, 0.29) is 35.1 Å². The molecule has 1 heterocycles. The van der Waals surface area contributed by atoms with Crippen molar-refractivity contribution in [1.82, 2.24) is 14.9 Å². The van der Waals surface area contributed by atoms with E-state index in [9.17, 15) is 33.0 Å². The molecule has 0 bridgehead atoms. The average molecular weight is 554 g/mol. The number of hydrogen-bond donors (Lipinski definition) is 3. The standard InChI is InChI=1S/C27H31ClF3N3O4/c1-3-26(38,4-2)14-13-21-22(23(35)32-15-17-5-9-19(10-6-17)24(36)37)34(25(28)33-21)16-18-7-11-20(12-8-18)27(29,30)31/h7-8,11-12,17,19,38H,3-6,9-10,15-16H2,1-2H3,(H,32,35)(H,36,37). The number of carbonyl (C=O) groups excluding carboxylic acids is 1. The maximum Gasteiger partial charge on any atom is 0.416 e. The number of nitrogens with one attached hydrogen (secondary N) is 1. The van der Waals surface area contributed by atoms with Crippen molar-refractivity contribution in [2.24, 2.45) is 11.8 Å². The van der Waals surface area contributed by atoms with Crippen molar-refractivity contribution in [3.8, 4) is 11.8 Å². The third-order valence-electron chi connectivity index (χ3n) is 7.09. The van der Waals surface area contributed by atoms with Crippen LogP contribution in [0.4, 0.5) is 13.2 Å². The lowest BCUT2D eigenvalue weighted by Gasteiger charge is -2.26. The third-order valence-corrected chi connectivity index (χ3v) is 7.38. The molecule has 0 saturated heterocycles. The highest BCUT2D eigenvalue weighted by atomic mass is 35.5. The molecule has 0 atom stereocenters. The Bertz CT molecular complexity index is 1200. The zero-order valence-corrected chi connectivity index (χ0v) is 22.0. The minimum Gasteiger partial charge on any atom is -0.481 e. The summed E-state index contributed by atoms with van der Waals surface area (Å²) < 4.78 is 40.3. The van der Waals surface area contributed by atoms with Gasteiger partial charge in [0, 0.05) is 6.54 Å². The predicted octanol–water partition coefficient (Wildman–Crippen LogP) is 5.13. The number of aliphatic carboxylic acids is 1. The molecule has 206 valence electrons. The summed E-state index contributed by atoms with van der Waals surface area (Å²) in [5, 5.41) is 22.6. The van der Waals surface area contributed by atoms with Crippen molar-refractivity contribution in [3.63, 3.8) is 0 Å². The molecule has 7 nitrogen and oxygen atoms in total. The summed E-state index contributed by atoms with van der Waals surface area (Å²) in [7, 11) is 0. The molecular weight excluding hydrogens is 523 g/mol. The second-order valence-electron chi connectivity index (χ2n) is 9.61. The zero-order chi connectivity index (χ0) is 28.1. The SMILES string of the molecule is CCC(O)(C#Cc1nc(Cl)n(Cc2ccc(C(F)(F)F)cc2)c1C(=O)NCC1CCC(C(=O)O)CC1)CC. The van der Waals surface area contributed by atoms with Crippen molar-refractivity contribution in [2.75, 3.05) is 6.54 Å². The lowest BCUT2D eigenvalue weighted by atomic mass is 9.82. The molecule has 1 aliphatic rings. The Morgan fingerprint density at radius 2 is 1.74 bits per heavy atom. The second-order valence-corrected chi connectivity index (χ2v) is 9.95. The maximum atomic E-state index is 13.4. The van der Waals surface area contributed by atoms with Crippen LogP contribution in [-0.2, 0) is 17.5 Å². The van der Waals surface area contributed by atoms with Crippen LogP contribution in [0.5, 0.6) is 0 Å². The fourth-order valence-corrected chi connectivity index (χ4v) is 4.63. The number of benzene rings is 1. The van der Waals surface area contributed by atoms with Crippen molar-refractivity contribution in [1.29, 1.82) is 0 Å². The quantitative estimate of drug-likeness (QED) is 0.393. The Morgan fingerprint density at radius 1 is 1.13 bits per heavy atom. The van der Waals surface area contributed by atoms with Crippen LogP contribution >= 0.6 is 11.6 Å². The van der Waals surface area contributed by atoms with E-state index in [0.717, 1.165) is 12.1 Å². The molecule has 11 heteroatoms. The number of aromatic nitrogens is 2. The summed E-state index contributed by atoms with van der Waals surface area (Å²) in [6.07, 6.45) is -1.36. The highest BCUT2D eigenvalue weighted by Gasteiger charge is 2.31. The lowest BCUT2D eigenvalue weighted by Crippen LogP contribution is -2.34. The van der Waals surface area contributed by atoms with Crippen molar-refractivity contribution >= 4 is 23.5 Å². The molecule has 1 aliphatic carbocycles. The molecule has 1 aromatic carbocycles. The highest BCUT2D eigenvalue weighted by Crippen LogP contribution is 2.30. The minimum atomic E-state index is -4.47. The summed E-state index contributed by atoms with van der Waals surface area (Å²) in [6, 6.07) is 4.52. The van der Waals surface area contributed by atoms with Crippen LogP contribution in [0, 0.1) is 23.7 Å². The first-order valence-corrected chi connectivity index (χ1v) is 12.9. The van der Waals surface area contributed by atoms with Crippen LogP contribution in [-0.4, -0.2) is 43.8 Å². The molecule has 1 aromatic heterocycles. The number of alkyl halides is 3. The zero-order valence-electron chi connectivity index (χ0n) is 21.2. The van der Waals surface area contributed by atoms with E-state index in [1.165, 1.54) is 16.7 Å². The number of aliphatic hydroxyl groups is 1. The summed E-state index contributed by atoms with van der Waals surface area (Å²) in [4.78, 5) is 28.8. The van der Waals surface area contributed by atoms with Gasteiger partial charge >= 0.3 is 12.1 Å². The van der Waals surface area contributed by atoms with E-state index < -0.39 is 29.2 Å². The molecule has 3 rings (SSSR count). The minimum absolute atomic E-state index is 0.0239. The lowest BCUT2D eigenvalue weighted by molar-refractivity contribution is -0.143. The van der Waals surface area contributed by atoms with Crippen molar-refractivity contribution < 1.29 is 33.0 Å². The molecule has 1 fully saturated rings. The van der Waals surface area contributed by atoms with Crippen LogP contribution in [0.3, 0.4) is 0 Å². The number of imidazole rings is 1. The van der Waals surface area contributed by atoms with Crippen LogP contribution in [0.1, 0.15) is 79.7 Å². The van der Waals surface area contributed by atoms with Gasteiger partial charge < -0.3 is 20.1 Å². The van der Waals surface area contributed by atoms with Gasteiger partial charge in [-0.2, -0.15) is 13.2 Å². The number of halogens is 4. The molecule has 2 aromatic rings. The van der Waals surface area contributed by atoms with E-state index in [4.69, 9.17) is 11.6 Å². The summed E-state index contributed by atoms with van der Waals surface area (Å²) in [6.45, 7) is 3.85. The Hall–Kier alpha value is -3.03. The number of hydrogen-bond acceptors (Lipinski definition) is 4. The molecular formula is C27H31ClF3N3O4. The van der Waals surface area contributed by atoms with Crippen molar-refractivity contribution in [3.05, 3.63) is 52.1 Å². The van der Waals surface area contributed by atoms with Gasteiger partial charge in [-0.25, -0.2) is 4.98 Å². The van der Waals surface area contributed by atoms with Gasteiger partial charge in [0.1, 0.15) is 17.0 Å². The molecule has 38 heavy (non-hydrogen) atoms. The van der Waals surface area contributed by atoms with Gasteiger partial charge in [0.15, 0.2) is 0 Å². The van der Waals surface area contributed by atoms with E-state index in [2.05, 4.69) is 22.1 Å². The van der Waals surface area contributed by atoms with Crippen LogP contribution in [0.15, 0.2) is 24.3 Å². The van der Waals surface area contributed by atoms with Gasteiger partial charge in [-0.15, -0.1) is 0 Å². The van der Waals surface area contributed by atoms with Crippen LogP contribution < -0.4 is 5.32 Å². The van der Waals surface area contributed by atoms with E-state index >= 15 is 0 Å².